The number of nitrogens with two attached hydrogens (primary N) is 1. The van der Waals surface area contributed by atoms with Gasteiger partial charge >= 0.3 is 0 Å². The van der Waals surface area contributed by atoms with E-state index in [4.69, 9.17) is 5.73 Å². The molecule has 0 aliphatic rings. The standard InChI is InChI=1S/C23H20BrN5/c24-18-13-7-8-14-19(18)28-22-20(25)23(27-15-26-22)29-21(16-9-3-1-4-10-16)17-11-5-2-6-12-17/h1-15,21H,25H2,(H2,26,27,28,29). The number of benzene rings is 3. The fourth-order valence-electron chi connectivity index (χ4n) is 3.09. The van der Waals surface area contributed by atoms with Crippen molar-refractivity contribution in [3.8, 4) is 0 Å². The average Bonchev–Trinajstić information content (AvgIpc) is 2.77. The van der Waals surface area contributed by atoms with Crippen LogP contribution in [0.4, 0.5) is 23.0 Å². The Hall–Kier alpha value is -3.38. The lowest BCUT2D eigenvalue weighted by Gasteiger charge is -2.22. The zero-order chi connectivity index (χ0) is 20.1. The largest absolute Gasteiger partial charge is 0.393 e. The molecule has 0 unspecified atom stereocenters. The number of halogens is 1. The van der Waals surface area contributed by atoms with Crippen molar-refractivity contribution in [3.05, 3.63) is 107 Å². The summed E-state index contributed by atoms with van der Waals surface area (Å²) in [6, 6.07) is 28.2. The number of nitrogens with zero attached hydrogens (tertiary/aromatic N) is 2. The van der Waals surface area contributed by atoms with Gasteiger partial charge in [-0.1, -0.05) is 72.8 Å². The van der Waals surface area contributed by atoms with Gasteiger partial charge in [-0.3, -0.25) is 0 Å². The van der Waals surface area contributed by atoms with Crippen molar-refractivity contribution < 1.29 is 0 Å². The van der Waals surface area contributed by atoms with Gasteiger partial charge in [0.2, 0.25) is 0 Å². The maximum Gasteiger partial charge on any atom is 0.159 e. The molecule has 0 radical (unpaired) electrons. The predicted octanol–water partition coefficient (Wildman–Crippen LogP) is 5.77. The lowest BCUT2D eigenvalue weighted by Crippen LogP contribution is -2.15. The summed E-state index contributed by atoms with van der Waals surface area (Å²) in [6.07, 6.45) is 1.50. The SMILES string of the molecule is Nc1c(Nc2ccccc2Br)ncnc1NC(c1ccccc1)c1ccccc1. The Kier molecular flexibility index (Phi) is 5.72. The molecule has 3 aromatic carbocycles. The maximum absolute atomic E-state index is 6.42. The van der Waals surface area contributed by atoms with Crippen LogP contribution in [0.25, 0.3) is 0 Å². The number of anilines is 4. The summed E-state index contributed by atoms with van der Waals surface area (Å²) in [5.74, 6) is 1.13. The van der Waals surface area contributed by atoms with Crippen molar-refractivity contribution in [1.29, 1.82) is 0 Å². The van der Waals surface area contributed by atoms with Gasteiger partial charge in [-0.05, 0) is 39.2 Å². The van der Waals surface area contributed by atoms with Gasteiger partial charge in [-0.15, -0.1) is 0 Å². The van der Waals surface area contributed by atoms with Gasteiger partial charge in [-0.2, -0.15) is 0 Å². The van der Waals surface area contributed by atoms with Crippen LogP contribution in [0.5, 0.6) is 0 Å². The van der Waals surface area contributed by atoms with E-state index in [-0.39, 0.29) is 6.04 Å². The maximum atomic E-state index is 6.42. The second-order valence-electron chi connectivity index (χ2n) is 6.49. The number of para-hydroxylation sites is 1. The third-order valence-electron chi connectivity index (χ3n) is 4.56. The van der Waals surface area contributed by atoms with Crippen molar-refractivity contribution in [3.63, 3.8) is 0 Å². The van der Waals surface area contributed by atoms with Crippen LogP contribution in [-0.2, 0) is 0 Å². The van der Waals surface area contributed by atoms with Crippen molar-refractivity contribution in [2.75, 3.05) is 16.4 Å². The first kappa shape index (κ1) is 19.0. The Morgan fingerprint density at radius 2 is 1.28 bits per heavy atom. The van der Waals surface area contributed by atoms with Crippen LogP contribution in [0.15, 0.2) is 95.7 Å². The van der Waals surface area contributed by atoms with E-state index in [1.54, 1.807) is 0 Å². The van der Waals surface area contributed by atoms with Gasteiger partial charge in [0.05, 0.1) is 11.7 Å². The molecule has 0 aliphatic carbocycles. The molecule has 0 aliphatic heterocycles. The van der Waals surface area contributed by atoms with E-state index in [9.17, 15) is 0 Å². The normalized spacial score (nSPS) is 10.7. The molecular weight excluding hydrogens is 426 g/mol. The first-order chi connectivity index (χ1) is 14.2. The number of hydrogen-bond donors (Lipinski definition) is 3. The molecule has 1 heterocycles. The van der Waals surface area contributed by atoms with Crippen LogP contribution < -0.4 is 16.4 Å². The molecule has 6 heteroatoms. The van der Waals surface area contributed by atoms with E-state index in [1.165, 1.54) is 6.33 Å². The van der Waals surface area contributed by atoms with Gasteiger partial charge in [0, 0.05) is 4.47 Å². The highest BCUT2D eigenvalue weighted by atomic mass is 79.9. The van der Waals surface area contributed by atoms with Crippen molar-refractivity contribution in [2.45, 2.75) is 6.04 Å². The Morgan fingerprint density at radius 1 is 0.724 bits per heavy atom. The third-order valence-corrected chi connectivity index (χ3v) is 5.25. The molecule has 1 aromatic heterocycles. The molecule has 0 fully saturated rings. The lowest BCUT2D eigenvalue weighted by atomic mass is 9.99. The van der Waals surface area contributed by atoms with E-state index in [1.807, 2.05) is 60.7 Å². The van der Waals surface area contributed by atoms with Crippen LogP contribution in [-0.4, -0.2) is 9.97 Å². The highest BCUT2D eigenvalue weighted by molar-refractivity contribution is 9.10. The van der Waals surface area contributed by atoms with Gasteiger partial charge in [0.25, 0.3) is 0 Å². The van der Waals surface area contributed by atoms with E-state index in [2.05, 4.69) is 60.8 Å². The zero-order valence-corrected chi connectivity index (χ0v) is 17.2. The molecule has 0 spiro atoms. The Labute approximate surface area is 178 Å². The summed E-state index contributed by atoms with van der Waals surface area (Å²) in [6.45, 7) is 0. The highest BCUT2D eigenvalue weighted by Gasteiger charge is 2.17. The van der Waals surface area contributed by atoms with Crippen LogP contribution >= 0.6 is 15.9 Å². The molecule has 5 nitrogen and oxygen atoms in total. The highest BCUT2D eigenvalue weighted by Crippen LogP contribution is 2.33. The minimum Gasteiger partial charge on any atom is -0.393 e. The molecule has 0 atom stereocenters. The second-order valence-corrected chi connectivity index (χ2v) is 7.34. The minimum atomic E-state index is -0.0917. The number of rotatable bonds is 6. The fraction of sp³-hybridized carbons (Fsp3) is 0.0435. The Bertz CT molecular complexity index is 1050. The predicted molar refractivity (Wildman–Crippen MR) is 122 cm³/mol. The van der Waals surface area contributed by atoms with E-state index in [0.717, 1.165) is 21.3 Å². The molecule has 0 saturated heterocycles. The smallest absolute Gasteiger partial charge is 0.159 e. The number of nitrogen functional groups attached to an aromatic ring is 1. The fourth-order valence-corrected chi connectivity index (χ4v) is 3.47. The van der Waals surface area contributed by atoms with Gasteiger partial charge in [-0.25, -0.2) is 9.97 Å². The summed E-state index contributed by atoms with van der Waals surface area (Å²) >= 11 is 3.54. The van der Waals surface area contributed by atoms with Crippen LogP contribution in [0, 0.1) is 0 Å². The van der Waals surface area contributed by atoms with Crippen molar-refractivity contribution in [1.82, 2.24) is 9.97 Å². The minimum absolute atomic E-state index is 0.0917. The molecule has 4 N–H and O–H groups in total. The van der Waals surface area contributed by atoms with Gasteiger partial charge < -0.3 is 16.4 Å². The molecule has 4 rings (SSSR count). The molecule has 144 valence electrons. The summed E-state index contributed by atoms with van der Waals surface area (Å²) in [5.41, 5.74) is 10.0. The summed E-state index contributed by atoms with van der Waals surface area (Å²) < 4.78 is 0.930. The number of aromatic nitrogens is 2. The molecular formula is C23H20BrN5. The summed E-state index contributed by atoms with van der Waals surface area (Å²) in [5, 5.41) is 6.76. The Balaban J connectivity index is 1.67. The van der Waals surface area contributed by atoms with Crippen LogP contribution in [0.1, 0.15) is 17.2 Å². The number of hydrogen-bond acceptors (Lipinski definition) is 5. The van der Waals surface area contributed by atoms with Crippen molar-refractivity contribution in [2.24, 2.45) is 0 Å². The van der Waals surface area contributed by atoms with Crippen molar-refractivity contribution >= 4 is 38.9 Å². The molecule has 0 saturated carbocycles. The summed E-state index contributed by atoms with van der Waals surface area (Å²) in [4.78, 5) is 8.71. The number of nitrogens with one attached hydrogen (secondary N) is 2. The van der Waals surface area contributed by atoms with E-state index in [0.29, 0.717) is 17.3 Å². The third kappa shape index (κ3) is 4.38. The van der Waals surface area contributed by atoms with E-state index < -0.39 is 0 Å². The first-order valence-electron chi connectivity index (χ1n) is 9.21. The molecule has 29 heavy (non-hydrogen) atoms. The molecule has 0 bridgehead atoms. The first-order valence-corrected chi connectivity index (χ1v) is 10.00. The monoisotopic (exact) mass is 445 g/mol. The quantitative estimate of drug-likeness (QED) is 0.351. The van der Waals surface area contributed by atoms with Crippen LogP contribution in [0.3, 0.4) is 0 Å². The van der Waals surface area contributed by atoms with Crippen LogP contribution in [0.2, 0.25) is 0 Å². The van der Waals surface area contributed by atoms with Gasteiger partial charge in [0.1, 0.15) is 12.0 Å². The molecule has 0 amide bonds. The van der Waals surface area contributed by atoms with Gasteiger partial charge in [0.15, 0.2) is 11.6 Å². The van der Waals surface area contributed by atoms with E-state index >= 15 is 0 Å². The average molecular weight is 446 g/mol. The topological polar surface area (TPSA) is 75.9 Å². The zero-order valence-electron chi connectivity index (χ0n) is 15.6. The summed E-state index contributed by atoms with van der Waals surface area (Å²) in [7, 11) is 0. The molecule has 4 aromatic rings. The second kappa shape index (κ2) is 8.75. The Morgan fingerprint density at radius 3 is 1.90 bits per heavy atom. The lowest BCUT2D eigenvalue weighted by molar-refractivity contribution is 0.924.